The lowest BCUT2D eigenvalue weighted by Crippen LogP contribution is -2.16. The number of rotatable bonds is 1. The van der Waals surface area contributed by atoms with Gasteiger partial charge in [0.25, 0.3) is 11.5 Å². The van der Waals surface area contributed by atoms with Crippen LogP contribution >= 0.6 is 9.39 Å². The Morgan fingerprint density at radius 3 is 3.00 bits per heavy atom. The fourth-order valence-corrected chi connectivity index (χ4v) is 1.53. The molecular weight excluding hydrogens is 205 g/mol. The molecule has 72 valence electrons. The van der Waals surface area contributed by atoms with Gasteiger partial charge in [-0.3, -0.25) is 9.59 Å². The van der Waals surface area contributed by atoms with Gasteiger partial charge in [0.15, 0.2) is 5.65 Å². The van der Waals surface area contributed by atoms with Crippen LogP contribution in [0.2, 0.25) is 0 Å². The van der Waals surface area contributed by atoms with Crippen molar-refractivity contribution in [1.29, 1.82) is 0 Å². The third-order valence-corrected chi connectivity index (χ3v) is 2.19. The number of hydrogen-bond acceptors (Lipinski definition) is 4. The molecule has 0 saturated carbocycles. The Balaban J connectivity index is 3.00. The summed E-state index contributed by atoms with van der Waals surface area (Å²) in [6, 6.07) is 0. The van der Waals surface area contributed by atoms with E-state index in [1.165, 1.54) is 10.5 Å². The number of nitrogens with one attached hydrogen (secondary N) is 1. The largest absolute Gasteiger partial charge is 0.366 e. The van der Waals surface area contributed by atoms with Gasteiger partial charge in [0, 0.05) is 6.20 Å². The van der Waals surface area contributed by atoms with E-state index in [0.717, 1.165) is 0 Å². The molecule has 0 radical (unpaired) electrons. The Morgan fingerprint density at radius 2 is 2.36 bits per heavy atom. The molecule has 0 aliphatic rings. The minimum absolute atomic E-state index is 0.131. The molecule has 2 aromatic rings. The van der Waals surface area contributed by atoms with Gasteiger partial charge in [-0.1, -0.05) is 5.21 Å². The van der Waals surface area contributed by atoms with Crippen molar-refractivity contribution in [3.8, 4) is 0 Å². The maximum absolute atomic E-state index is 11.3. The zero-order chi connectivity index (χ0) is 10.3. The fraction of sp³-hybridized carbons (Fsp3) is 0. The summed E-state index contributed by atoms with van der Waals surface area (Å²) in [6.07, 6.45) is 1.42. The molecule has 3 N–H and O–H groups in total. The molecule has 14 heavy (non-hydrogen) atoms. The minimum Gasteiger partial charge on any atom is -0.366 e. The van der Waals surface area contributed by atoms with Gasteiger partial charge in [-0.05, 0) is 9.39 Å². The molecule has 2 aromatic heterocycles. The first kappa shape index (κ1) is 8.83. The van der Waals surface area contributed by atoms with Gasteiger partial charge in [0.05, 0.1) is 5.56 Å². The lowest BCUT2D eigenvalue weighted by molar-refractivity contribution is 0.100. The van der Waals surface area contributed by atoms with Gasteiger partial charge in [0.2, 0.25) is 0 Å². The quantitative estimate of drug-likeness (QED) is 0.581. The first-order valence-electron chi connectivity index (χ1n) is 3.62. The molecule has 0 aliphatic heterocycles. The van der Waals surface area contributed by atoms with Crippen molar-refractivity contribution < 1.29 is 4.79 Å². The molecule has 0 bridgehead atoms. The first-order chi connectivity index (χ1) is 6.61. The summed E-state index contributed by atoms with van der Waals surface area (Å²) in [7, 11) is 2.29. The Kier molecular flexibility index (Phi) is 1.82. The summed E-state index contributed by atoms with van der Waals surface area (Å²) >= 11 is 0. The number of nitrogens with two attached hydrogens (primary N) is 1. The highest BCUT2D eigenvalue weighted by Gasteiger charge is 2.15. The lowest BCUT2D eigenvalue weighted by Gasteiger charge is -1.90. The number of amides is 1. The number of primary amides is 1. The zero-order valence-electron chi connectivity index (χ0n) is 6.89. The van der Waals surface area contributed by atoms with Crippen LogP contribution in [0, 0.1) is 0 Å². The maximum atomic E-state index is 11.3. The van der Waals surface area contributed by atoms with Crippen LogP contribution in [0.5, 0.6) is 0 Å². The van der Waals surface area contributed by atoms with E-state index >= 15 is 0 Å². The second-order valence-electron chi connectivity index (χ2n) is 2.65. The number of nitrogens with zero attached hydrogens (tertiary/aromatic N) is 3. The molecule has 1 unspecified atom stereocenters. The van der Waals surface area contributed by atoms with Crippen LogP contribution in [0.15, 0.2) is 11.0 Å². The number of hydrogen-bond donors (Lipinski definition) is 2. The molecule has 2 heterocycles. The van der Waals surface area contributed by atoms with Crippen molar-refractivity contribution in [2.45, 2.75) is 0 Å². The third-order valence-electron chi connectivity index (χ3n) is 1.79. The van der Waals surface area contributed by atoms with E-state index in [-0.39, 0.29) is 10.9 Å². The van der Waals surface area contributed by atoms with Crippen LogP contribution in [0.25, 0.3) is 11.0 Å². The number of carbonyl (C=O) groups is 1. The smallest absolute Gasteiger partial charge is 0.277 e. The Bertz CT molecular complexity index is 571. The maximum Gasteiger partial charge on any atom is 0.277 e. The van der Waals surface area contributed by atoms with E-state index in [9.17, 15) is 9.59 Å². The van der Waals surface area contributed by atoms with Crippen molar-refractivity contribution in [2.24, 2.45) is 5.73 Å². The van der Waals surface area contributed by atoms with Crippen molar-refractivity contribution >= 4 is 26.3 Å². The predicted octanol–water partition coefficient (Wildman–Crippen LogP) is -1.14. The summed E-state index contributed by atoms with van der Waals surface area (Å²) in [5.74, 6) is -0.672. The summed E-state index contributed by atoms with van der Waals surface area (Å²) < 4.78 is 1.44. The van der Waals surface area contributed by atoms with Gasteiger partial charge in [0.1, 0.15) is 5.39 Å². The van der Waals surface area contributed by atoms with Crippen LogP contribution in [-0.2, 0) is 0 Å². The van der Waals surface area contributed by atoms with Crippen LogP contribution in [0.1, 0.15) is 10.4 Å². The van der Waals surface area contributed by atoms with E-state index in [4.69, 9.17) is 5.73 Å². The molecular formula is C6H6N5O2P. The highest BCUT2D eigenvalue weighted by molar-refractivity contribution is 7.14. The van der Waals surface area contributed by atoms with Crippen LogP contribution in [0.3, 0.4) is 0 Å². The number of aromatic amines is 1. The van der Waals surface area contributed by atoms with Gasteiger partial charge >= 0.3 is 0 Å². The molecule has 1 atom stereocenters. The average Bonchev–Trinajstić information content (AvgIpc) is 2.46. The molecule has 0 spiro atoms. The molecule has 0 aromatic carbocycles. The lowest BCUT2D eigenvalue weighted by atomic mass is 10.2. The summed E-state index contributed by atoms with van der Waals surface area (Å²) in [4.78, 5) is 22.3. The Labute approximate surface area is 79.5 Å². The Hall–Kier alpha value is -1.75. The average molecular weight is 211 g/mol. The van der Waals surface area contributed by atoms with E-state index in [2.05, 4.69) is 24.8 Å². The molecule has 1 amide bonds. The van der Waals surface area contributed by atoms with Gasteiger partial charge in [-0.15, -0.1) is 5.10 Å². The third kappa shape index (κ3) is 1.10. The van der Waals surface area contributed by atoms with Crippen molar-refractivity contribution in [1.82, 2.24) is 19.7 Å². The second-order valence-corrected chi connectivity index (χ2v) is 3.21. The van der Waals surface area contributed by atoms with Crippen molar-refractivity contribution in [3.05, 3.63) is 22.1 Å². The fourth-order valence-electron chi connectivity index (χ4n) is 1.20. The SMILES string of the molecule is NC(=O)c1cn(P)c2nn[nH]c(=O)c12. The first-order valence-corrected chi connectivity index (χ1v) is 4.14. The molecule has 0 saturated heterocycles. The topological polar surface area (TPSA) is 107 Å². The standard InChI is InChI=1S/C6H6N5O2P/c7-4(12)2-1-11(14)5-3(2)6(13)9-10-8-5/h1H,14H2,(H2,7,12)(H,8,9,13). The minimum atomic E-state index is -0.672. The highest BCUT2D eigenvalue weighted by Crippen LogP contribution is 2.16. The van der Waals surface area contributed by atoms with E-state index < -0.39 is 11.5 Å². The van der Waals surface area contributed by atoms with E-state index in [1.54, 1.807) is 0 Å². The van der Waals surface area contributed by atoms with Crippen LogP contribution in [-0.4, -0.2) is 25.7 Å². The highest BCUT2D eigenvalue weighted by atomic mass is 31.0. The molecule has 0 aliphatic carbocycles. The number of carbonyl (C=O) groups excluding carboxylic acids is 1. The summed E-state index contributed by atoms with van der Waals surface area (Å²) in [5.41, 5.74) is 5.05. The normalized spacial score (nSPS) is 10.6. The van der Waals surface area contributed by atoms with Gasteiger partial charge in [-0.25, -0.2) is 5.10 Å². The molecule has 2 rings (SSSR count). The van der Waals surface area contributed by atoms with Gasteiger partial charge < -0.3 is 10.1 Å². The van der Waals surface area contributed by atoms with E-state index in [0.29, 0.717) is 5.65 Å². The molecule has 8 heteroatoms. The van der Waals surface area contributed by atoms with Gasteiger partial charge in [-0.2, -0.15) is 0 Å². The molecule has 7 nitrogen and oxygen atoms in total. The summed E-state index contributed by atoms with van der Waals surface area (Å²) in [6.45, 7) is 0. The van der Waals surface area contributed by atoms with Crippen molar-refractivity contribution in [2.75, 3.05) is 0 Å². The predicted molar refractivity (Wildman–Crippen MR) is 51.8 cm³/mol. The molecule has 0 fully saturated rings. The number of aromatic nitrogens is 4. The second kappa shape index (κ2) is 2.88. The number of fused-ring (bicyclic) bond motifs is 1. The Morgan fingerprint density at radius 1 is 1.64 bits per heavy atom. The number of H-pyrrole nitrogens is 1. The monoisotopic (exact) mass is 211 g/mol. The van der Waals surface area contributed by atoms with E-state index in [1.807, 2.05) is 0 Å². The van der Waals surface area contributed by atoms with Crippen molar-refractivity contribution in [3.63, 3.8) is 0 Å². The van der Waals surface area contributed by atoms with Crippen LogP contribution in [0.4, 0.5) is 0 Å². The summed E-state index contributed by atoms with van der Waals surface area (Å²) in [5, 5.41) is 9.34. The van der Waals surface area contributed by atoms with Crippen LogP contribution < -0.4 is 11.3 Å². The zero-order valence-corrected chi connectivity index (χ0v) is 8.04.